The summed E-state index contributed by atoms with van der Waals surface area (Å²) >= 11 is 0. The van der Waals surface area contributed by atoms with Crippen LogP contribution in [0.4, 0.5) is 0 Å². The summed E-state index contributed by atoms with van der Waals surface area (Å²) in [5.74, 6) is 0.906. The van der Waals surface area contributed by atoms with Crippen molar-refractivity contribution < 1.29 is 0 Å². The molecule has 0 rings (SSSR count). The van der Waals surface area contributed by atoms with Crippen LogP contribution in [0.1, 0.15) is 59.8 Å². The van der Waals surface area contributed by atoms with Crippen molar-refractivity contribution in [1.29, 1.82) is 0 Å². The molecule has 0 amide bonds. The summed E-state index contributed by atoms with van der Waals surface area (Å²) < 4.78 is 0. The Hall–Kier alpha value is -0.0400. The molecular formula is C12H27N. The molecule has 0 aromatic carbocycles. The maximum absolute atomic E-state index is 3.60. The molecule has 13 heavy (non-hydrogen) atoms. The summed E-state index contributed by atoms with van der Waals surface area (Å²) in [5.41, 5.74) is 0. The quantitative estimate of drug-likeness (QED) is 0.609. The van der Waals surface area contributed by atoms with E-state index in [1.54, 1.807) is 0 Å². The first-order valence-corrected chi connectivity index (χ1v) is 5.97. The van der Waals surface area contributed by atoms with Gasteiger partial charge in [0.05, 0.1) is 0 Å². The molecule has 80 valence electrons. The molecule has 0 radical (unpaired) electrons. The zero-order chi connectivity index (χ0) is 10.1. The highest BCUT2D eigenvalue weighted by Gasteiger charge is 2.07. The van der Waals surface area contributed by atoms with Crippen molar-refractivity contribution in [2.24, 2.45) is 5.92 Å². The average molecular weight is 185 g/mol. The predicted octanol–water partition coefficient (Wildman–Crippen LogP) is 3.59. The Morgan fingerprint density at radius 2 is 1.54 bits per heavy atom. The van der Waals surface area contributed by atoms with Crippen LogP contribution in [0.15, 0.2) is 0 Å². The Balaban J connectivity index is 3.55. The summed E-state index contributed by atoms with van der Waals surface area (Å²) in [6, 6.07) is 0.691. The summed E-state index contributed by atoms with van der Waals surface area (Å²) in [4.78, 5) is 0. The van der Waals surface area contributed by atoms with Gasteiger partial charge in [0, 0.05) is 6.04 Å². The van der Waals surface area contributed by atoms with E-state index in [4.69, 9.17) is 0 Å². The van der Waals surface area contributed by atoms with Crippen molar-refractivity contribution in [3.8, 4) is 0 Å². The lowest BCUT2D eigenvalue weighted by molar-refractivity contribution is 0.384. The topological polar surface area (TPSA) is 12.0 Å². The van der Waals surface area contributed by atoms with E-state index in [9.17, 15) is 0 Å². The highest BCUT2D eigenvalue weighted by molar-refractivity contribution is 4.65. The maximum Gasteiger partial charge on any atom is 0.00362 e. The Morgan fingerprint density at radius 1 is 1.00 bits per heavy atom. The van der Waals surface area contributed by atoms with Crippen molar-refractivity contribution in [2.75, 3.05) is 6.54 Å². The molecule has 0 bridgehead atoms. The van der Waals surface area contributed by atoms with Crippen molar-refractivity contribution in [3.05, 3.63) is 0 Å². The van der Waals surface area contributed by atoms with Gasteiger partial charge >= 0.3 is 0 Å². The van der Waals surface area contributed by atoms with Crippen LogP contribution in [0.2, 0.25) is 0 Å². The Labute approximate surface area is 84.3 Å². The van der Waals surface area contributed by atoms with E-state index in [-0.39, 0.29) is 0 Å². The second-order valence-electron chi connectivity index (χ2n) is 4.16. The van der Waals surface area contributed by atoms with E-state index in [1.165, 1.54) is 38.6 Å². The molecule has 1 unspecified atom stereocenters. The second kappa shape index (κ2) is 8.55. The lowest BCUT2D eigenvalue weighted by Gasteiger charge is -2.19. The van der Waals surface area contributed by atoms with Gasteiger partial charge in [-0.15, -0.1) is 0 Å². The van der Waals surface area contributed by atoms with Gasteiger partial charge in [0.15, 0.2) is 0 Å². The van der Waals surface area contributed by atoms with Crippen molar-refractivity contribution in [1.82, 2.24) is 5.32 Å². The molecule has 0 aromatic rings. The van der Waals surface area contributed by atoms with Gasteiger partial charge in [0.25, 0.3) is 0 Å². The van der Waals surface area contributed by atoms with Crippen molar-refractivity contribution >= 4 is 0 Å². The molecule has 0 aromatic heterocycles. The van der Waals surface area contributed by atoms with Gasteiger partial charge in [-0.1, -0.05) is 33.6 Å². The standard InChI is InChI=1S/C12H27N/c1-5-8-12(9-6-2)10-13-11(4)7-3/h11-13H,5-10H2,1-4H3. The average Bonchev–Trinajstić information content (AvgIpc) is 2.14. The van der Waals surface area contributed by atoms with E-state index in [0.717, 1.165) is 5.92 Å². The van der Waals surface area contributed by atoms with Crippen molar-refractivity contribution in [2.45, 2.75) is 65.8 Å². The van der Waals surface area contributed by atoms with Crippen LogP contribution in [0.3, 0.4) is 0 Å². The lowest BCUT2D eigenvalue weighted by atomic mass is 9.98. The predicted molar refractivity (Wildman–Crippen MR) is 61.1 cm³/mol. The molecule has 1 heteroatoms. The molecule has 0 spiro atoms. The fraction of sp³-hybridized carbons (Fsp3) is 1.00. The van der Waals surface area contributed by atoms with Gasteiger partial charge in [-0.2, -0.15) is 0 Å². The van der Waals surface area contributed by atoms with E-state index < -0.39 is 0 Å². The molecule has 0 heterocycles. The van der Waals surface area contributed by atoms with Crippen LogP contribution in [0.5, 0.6) is 0 Å². The van der Waals surface area contributed by atoms with E-state index in [2.05, 4.69) is 33.0 Å². The molecule has 1 N–H and O–H groups in total. The normalized spacial score (nSPS) is 13.6. The fourth-order valence-electron chi connectivity index (χ4n) is 1.68. The zero-order valence-corrected chi connectivity index (χ0v) is 9.90. The highest BCUT2D eigenvalue weighted by atomic mass is 14.9. The lowest BCUT2D eigenvalue weighted by Crippen LogP contribution is -2.30. The smallest absolute Gasteiger partial charge is 0.00362 e. The monoisotopic (exact) mass is 185 g/mol. The fourth-order valence-corrected chi connectivity index (χ4v) is 1.68. The minimum Gasteiger partial charge on any atom is -0.314 e. The minimum atomic E-state index is 0.691. The first-order chi connectivity index (χ1) is 6.24. The van der Waals surface area contributed by atoms with Crippen LogP contribution in [-0.2, 0) is 0 Å². The van der Waals surface area contributed by atoms with Gasteiger partial charge in [0.1, 0.15) is 0 Å². The Kier molecular flexibility index (Phi) is 8.53. The van der Waals surface area contributed by atoms with Gasteiger partial charge in [-0.25, -0.2) is 0 Å². The summed E-state index contributed by atoms with van der Waals surface area (Å²) in [7, 11) is 0. The molecule has 0 saturated heterocycles. The van der Waals surface area contributed by atoms with E-state index >= 15 is 0 Å². The third kappa shape index (κ3) is 7.06. The third-order valence-corrected chi connectivity index (χ3v) is 2.76. The largest absolute Gasteiger partial charge is 0.314 e. The number of hydrogen-bond donors (Lipinski definition) is 1. The van der Waals surface area contributed by atoms with Gasteiger partial charge in [-0.3, -0.25) is 0 Å². The van der Waals surface area contributed by atoms with E-state index in [1.807, 2.05) is 0 Å². The number of nitrogens with one attached hydrogen (secondary N) is 1. The SMILES string of the molecule is CCCC(CCC)CNC(C)CC. The first-order valence-electron chi connectivity index (χ1n) is 5.97. The molecule has 0 aliphatic carbocycles. The molecule has 1 nitrogen and oxygen atoms in total. The molecule has 0 saturated carbocycles. The minimum absolute atomic E-state index is 0.691. The molecule has 0 aliphatic rings. The molecular weight excluding hydrogens is 158 g/mol. The Bertz CT molecular complexity index is 95.3. The van der Waals surface area contributed by atoms with Gasteiger partial charge in [0.2, 0.25) is 0 Å². The highest BCUT2D eigenvalue weighted by Crippen LogP contribution is 2.12. The zero-order valence-electron chi connectivity index (χ0n) is 9.90. The summed E-state index contributed by atoms with van der Waals surface area (Å²) in [6.07, 6.45) is 6.67. The third-order valence-electron chi connectivity index (χ3n) is 2.76. The van der Waals surface area contributed by atoms with Gasteiger partial charge in [-0.05, 0) is 38.6 Å². The van der Waals surface area contributed by atoms with Gasteiger partial charge < -0.3 is 5.32 Å². The molecule has 0 fully saturated rings. The summed E-state index contributed by atoms with van der Waals surface area (Å²) in [6.45, 7) is 10.3. The van der Waals surface area contributed by atoms with Crippen LogP contribution in [0, 0.1) is 5.92 Å². The Morgan fingerprint density at radius 3 is 1.92 bits per heavy atom. The number of rotatable bonds is 8. The molecule has 0 aliphatic heterocycles. The van der Waals surface area contributed by atoms with Crippen LogP contribution >= 0.6 is 0 Å². The van der Waals surface area contributed by atoms with Crippen LogP contribution in [0.25, 0.3) is 0 Å². The molecule has 1 atom stereocenters. The van der Waals surface area contributed by atoms with Crippen LogP contribution < -0.4 is 5.32 Å². The van der Waals surface area contributed by atoms with Crippen molar-refractivity contribution in [3.63, 3.8) is 0 Å². The van der Waals surface area contributed by atoms with Crippen LogP contribution in [-0.4, -0.2) is 12.6 Å². The number of hydrogen-bond acceptors (Lipinski definition) is 1. The van der Waals surface area contributed by atoms with E-state index in [0.29, 0.717) is 6.04 Å². The maximum atomic E-state index is 3.60. The first kappa shape index (κ1) is 13.0. The summed E-state index contributed by atoms with van der Waals surface area (Å²) in [5, 5.41) is 3.60. The second-order valence-corrected chi connectivity index (χ2v) is 4.16.